The number of aliphatic imine (C=N–C) groups is 1. The first kappa shape index (κ1) is 19.0. The summed E-state index contributed by atoms with van der Waals surface area (Å²) >= 11 is 0. The van der Waals surface area contributed by atoms with Gasteiger partial charge in [-0.2, -0.15) is 0 Å². The predicted molar refractivity (Wildman–Crippen MR) is 104 cm³/mol. The molecular formula is C20H30N4O. The molecule has 0 bridgehead atoms. The summed E-state index contributed by atoms with van der Waals surface area (Å²) in [6, 6.07) is 10.7. The lowest BCUT2D eigenvalue weighted by Gasteiger charge is -2.34. The second kappa shape index (κ2) is 9.87. The Bertz CT molecular complexity index is 575. The molecule has 0 aliphatic carbocycles. The molecule has 0 atom stereocenters. The molecule has 1 N–H and O–H groups in total. The van der Waals surface area contributed by atoms with Crippen molar-refractivity contribution in [1.29, 1.82) is 0 Å². The highest BCUT2D eigenvalue weighted by molar-refractivity contribution is 5.85. The number of hydrogen-bond donors (Lipinski definition) is 1. The summed E-state index contributed by atoms with van der Waals surface area (Å²) in [6.07, 6.45) is 5.24. The van der Waals surface area contributed by atoms with E-state index in [0.29, 0.717) is 12.5 Å². The van der Waals surface area contributed by atoms with E-state index in [0.717, 1.165) is 38.3 Å². The molecule has 1 amide bonds. The molecule has 0 saturated carbocycles. The summed E-state index contributed by atoms with van der Waals surface area (Å²) in [5, 5.41) is 3.29. The third kappa shape index (κ3) is 6.25. The van der Waals surface area contributed by atoms with Crippen molar-refractivity contribution >= 4 is 11.9 Å². The molecule has 136 valence electrons. The average Bonchev–Trinajstić information content (AvgIpc) is 2.63. The minimum Gasteiger partial charge on any atom is -0.353 e. The number of amides is 1. The Labute approximate surface area is 151 Å². The minimum absolute atomic E-state index is 0.0110. The lowest BCUT2D eigenvalue weighted by atomic mass is 9.90. The van der Waals surface area contributed by atoms with Gasteiger partial charge in [-0.05, 0) is 30.7 Å². The maximum atomic E-state index is 11.8. The number of likely N-dealkylation sites (tertiary alicyclic amines) is 1. The molecule has 0 radical (unpaired) electrons. The number of guanidine groups is 1. The van der Waals surface area contributed by atoms with Gasteiger partial charge in [-0.1, -0.05) is 36.4 Å². The SMILES string of the molecule is C=CCNC(=NCC(=O)N(C)C)N1CCC(Cc2ccccc2)CC1. The van der Waals surface area contributed by atoms with E-state index >= 15 is 0 Å². The van der Waals surface area contributed by atoms with E-state index in [4.69, 9.17) is 0 Å². The summed E-state index contributed by atoms with van der Waals surface area (Å²) in [5.41, 5.74) is 1.41. The normalized spacial score (nSPS) is 15.8. The van der Waals surface area contributed by atoms with Crippen LogP contribution in [0.2, 0.25) is 0 Å². The first-order valence-corrected chi connectivity index (χ1v) is 8.98. The molecule has 5 heteroatoms. The Hall–Kier alpha value is -2.30. The molecular weight excluding hydrogens is 312 g/mol. The number of carbonyl (C=O) groups excluding carboxylic acids is 1. The summed E-state index contributed by atoms with van der Waals surface area (Å²) in [7, 11) is 3.51. The molecule has 5 nitrogen and oxygen atoms in total. The molecule has 0 unspecified atom stereocenters. The highest BCUT2D eigenvalue weighted by Crippen LogP contribution is 2.21. The van der Waals surface area contributed by atoms with E-state index in [9.17, 15) is 4.79 Å². The predicted octanol–water partition coefficient (Wildman–Crippen LogP) is 2.16. The maximum Gasteiger partial charge on any atom is 0.243 e. The number of carbonyl (C=O) groups is 1. The summed E-state index contributed by atoms with van der Waals surface area (Å²) < 4.78 is 0. The Morgan fingerprint density at radius 3 is 2.60 bits per heavy atom. The highest BCUT2D eigenvalue weighted by atomic mass is 16.2. The monoisotopic (exact) mass is 342 g/mol. The van der Waals surface area contributed by atoms with Gasteiger partial charge in [0.2, 0.25) is 5.91 Å². The zero-order valence-electron chi connectivity index (χ0n) is 15.4. The maximum absolute atomic E-state index is 11.8. The van der Waals surface area contributed by atoms with Gasteiger partial charge in [-0.15, -0.1) is 6.58 Å². The van der Waals surface area contributed by atoms with Crippen molar-refractivity contribution in [2.75, 3.05) is 40.3 Å². The van der Waals surface area contributed by atoms with Crippen LogP contribution in [0, 0.1) is 5.92 Å². The zero-order chi connectivity index (χ0) is 18.1. The minimum atomic E-state index is 0.0110. The number of rotatable bonds is 6. The highest BCUT2D eigenvalue weighted by Gasteiger charge is 2.22. The number of hydrogen-bond acceptors (Lipinski definition) is 2. The Morgan fingerprint density at radius 2 is 2.00 bits per heavy atom. The van der Waals surface area contributed by atoms with Gasteiger partial charge >= 0.3 is 0 Å². The van der Waals surface area contributed by atoms with Gasteiger partial charge in [0, 0.05) is 33.7 Å². The Morgan fingerprint density at radius 1 is 1.32 bits per heavy atom. The molecule has 1 aromatic rings. The molecule has 1 aliphatic rings. The van der Waals surface area contributed by atoms with Crippen molar-refractivity contribution in [1.82, 2.24) is 15.1 Å². The summed E-state index contributed by atoms with van der Waals surface area (Å²) in [5.74, 6) is 1.54. The van der Waals surface area contributed by atoms with E-state index in [1.165, 1.54) is 5.56 Å². The molecule has 0 aromatic heterocycles. The van der Waals surface area contributed by atoms with Gasteiger partial charge in [-0.3, -0.25) is 4.79 Å². The number of piperidine rings is 1. The molecule has 0 spiro atoms. The van der Waals surface area contributed by atoms with Gasteiger partial charge < -0.3 is 15.1 Å². The van der Waals surface area contributed by atoms with E-state index in [-0.39, 0.29) is 12.5 Å². The average molecular weight is 342 g/mol. The molecule has 1 saturated heterocycles. The first-order valence-electron chi connectivity index (χ1n) is 8.98. The third-order valence-corrected chi connectivity index (χ3v) is 4.55. The first-order chi connectivity index (χ1) is 12.1. The molecule has 1 aliphatic heterocycles. The van der Waals surface area contributed by atoms with E-state index < -0.39 is 0 Å². The molecule has 1 aromatic carbocycles. The van der Waals surface area contributed by atoms with Crippen LogP contribution in [-0.2, 0) is 11.2 Å². The molecule has 1 heterocycles. The van der Waals surface area contributed by atoms with Gasteiger partial charge in [0.25, 0.3) is 0 Å². The number of nitrogens with one attached hydrogen (secondary N) is 1. The van der Waals surface area contributed by atoms with Crippen molar-refractivity contribution in [3.63, 3.8) is 0 Å². The van der Waals surface area contributed by atoms with Gasteiger partial charge in [-0.25, -0.2) is 4.99 Å². The van der Waals surface area contributed by atoms with Crippen LogP contribution in [0.3, 0.4) is 0 Å². The second-order valence-corrected chi connectivity index (χ2v) is 6.72. The second-order valence-electron chi connectivity index (χ2n) is 6.72. The van der Waals surface area contributed by atoms with Crippen LogP contribution < -0.4 is 5.32 Å². The van der Waals surface area contributed by atoms with E-state index in [2.05, 4.69) is 52.1 Å². The van der Waals surface area contributed by atoms with Crippen molar-refractivity contribution in [3.05, 3.63) is 48.6 Å². The fourth-order valence-corrected chi connectivity index (χ4v) is 3.01. The zero-order valence-corrected chi connectivity index (χ0v) is 15.4. The summed E-state index contributed by atoms with van der Waals surface area (Å²) in [4.78, 5) is 20.1. The van der Waals surface area contributed by atoms with Gasteiger partial charge in [0.1, 0.15) is 6.54 Å². The van der Waals surface area contributed by atoms with Crippen molar-refractivity contribution in [2.24, 2.45) is 10.9 Å². The number of nitrogens with zero attached hydrogens (tertiary/aromatic N) is 3. The lowest BCUT2D eigenvalue weighted by Crippen LogP contribution is -2.46. The Balaban J connectivity index is 1.90. The molecule has 25 heavy (non-hydrogen) atoms. The quantitative estimate of drug-likeness (QED) is 0.490. The van der Waals surface area contributed by atoms with Crippen molar-refractivity contribution < 1.29 is 4.79 Å². The molecule has 1 fully saturated rings. The lowest BCUT2D eigenvalue weighted by molar-refractivity contribution is -0.127. The van der Waals surface area contributed by atoms with Crippen LogP contribution in [0.4, 0.5) is 0 Å². The van der Waals surface area contributed by atoms with Crippen molar-refractivity contribution in [3.8, 4) is 0 Å². The van der Waals surface area contributed by atoms with Crippen LogP contribution in [-0.4, -0.2) is 61.9 Å². The van der Waals surface area contributed by atoms with Crippen LogP contribution >= 0.6 is 0 Å². The van der Waals surface area contributed by atoms with E-state index in [1.807, 2.05) is 6.08 Å². The van der Waals surface area contributed by atoms with Crippen LogP contribution in [0.1, 0.15) is 18.4 Å². The number of benzene rings is 1. The van der Waals surface area contributed by atoms with Crippen molar-refractivity contribution in [2.45, 2.75) is 19.3 Å². The standard InChI is InChI=1S/C20H30N4O/c1-4-12-21-20(22-16-19(25)23(2)3)24-13-10-18(11-14-24)15-17-8-6-5-7-9-17/h4-9,18H,1,10-16H2,2-3H3,(H,21,22). The van der Waals surface area contributed by atoms with Gasteiger partial charge in [0.05, 0.1) is 0 Å². The number of likely N-dealkylation sites (N-methyl/N-ethyl adjacent to an activating group) is 1. The van der Waals surface area contributed by atoms with Gasteiger partial charge in [0.15, 0.2) is 5.96 Å². The fraction of sp³-hybridized carbons (Fsp3) is 0.500. The van der Waals surface area contributed by atoms with Crippen LogP contribution in [0.15, 0.2) is 48.0 Å². The smallest absolute Gasteiger partial charge is 0.243 e. The van der Waals surface area contributed by atoms with Crippen LogP contribution in [0.5, 0.6) is 0 Å². The van der Waals surface area contributed by atoms with Crippen LogP contribution in [0.25, 0.3) is 0 Å². The van der Waals surface area contributed by atoms with E-state index in [1.54, 1.807) is 19.0 Å². The largest absolute Gasteiger partial charge is 0.353 e. The topological polar surface area (TPSA) is 47.9 Å². The summed E-state index contributed by atoms with van der Waals surface area (Å²) in [6.45, 7) is 6.52. The Kier molecular flexibility index (Phi) is 7.51. The molecule has 2 rings (SSSR count). The third-order valence-electron chi connectivity index (χ3n) is 4.55. The fourth-order valence-electron chi connectivity index (χ4n) is 3.01.